The first-order chi connectivity index (χ1) is 12.2. The average molecular weight is 383 g/mol. The van der Waals surface area contributed by atoms with Crippen molar-refractivity contribution in [1.82, 2.24) is 14.8 Å². The van der Waals surface area contributed by atoms with E-state index >= 15 is 0 Å². The molecule has 8 heteroatoms. The summed E-state index contributed by atoms with van der Waals surface area (Å²) in [5.74, 6) is -0.195. The van der Waals surface area contributed by atoms with E-state index in [1.54, 1.807) is 4.90 Å². The minimum atomic E-state index is -0.205. The van der Waals surface area contributed by atoms with E-state index in [2.05, 4.69) is 15.2 Å². The van der Waals surface area contributed by atoms with E-state index in [0.29, 0.717) is 18.1 Å². The summed E-state index contributed by atoms with van der Waals surface area (Å²) in [6.45, 7) is 12.5. The first-order valence-corrected chi connectivity index (χ1v) is 9.91. The topological polar surface area (TPSA) is 74.8 Å². The summed E-state index contributed by atoms with van der Waals surface area (Å²) < 4.78 is 5.36. The summed E-state index contributed by atoms with van der Waals surface area (Å²) in [6.07, 6.45) is 0.416. The molecule has 2 heterocycles. The third-order valence-corrected chi connectivity index (χ3v) is 4.90. The first-order valence-electron chi connectivity index (χ1n) is 9.03. The van der Waals surface area contributed by atoms with Crippen molar-refractivity contribution < 1.29 is 14.3 Å². The summed E-state index contributed by atoms with van der Waals surface area (Å²) in [5, 5.41) is 5.25. The fraction of sp³-hybridized carbons (Fsp3) is 0.722. The zero-order valence-electron chi connectivity index (χ0n) is 16.2. The molecule has 0 bridgehead atoms. The zero-order valence-corrected chi connectivity index (χ0v) is 17.0. The molecule has 1 aromatic rings. The Hall–Kier alpha value is -1.51. The number of ether oxygens (including phenoxy) is 1. The van der Waals surface area contributed by atoms with Crippen LogP contribution in [0.4, 0.5) is 5.13 Å². The molecule has 1 fully saturated rings. The molecule has 0 radical (unpaired) electrons. The Balaban J connectivity index is 1.93. The minimum Gasteiger partial charge on any atom is -0.379 e. The van der Waals surface area contributed by atoms with Gasteiger partial charge in [0.25, 0.3) is 0 Å². The van der Waals surface area contributed by atoms with Crippen LogP contribution in [0.2, 0.25) is 0 Å². The molecule has 1 aliphatic heterocycles. The summed E-state index contributed by atoms with van der Waals surface area (Å²) in [7, 11) is 0. The quantitative estimate of drug-likeness (QED) is 0.781. The number of nitrogens with zero attached hydrogens (tertiary/aromatic N) is 3. The molecule has 1 aromatic heterocycles. The lowest BCUT2D eigenvalue weighted by molar-refractivity contribution is -0.136. The molecule has 146 valence electrons. The molecule has 1 N–H and O–H groups in total. The number of aromatic nitrogens is 1. The molecule has 0 aliphatic carbocycles. The van der Waals surface area contributed by atoms with Gasteiger partial charge in [-0.15, -0.1) is 11.3 Å². The maximum absolute atomic E-state index is 12.7. The molecule has 2 rings (SSSR count). The number of hydrogen-bond acceptors (Lipinski definition) is 6. The molecule has 7 nitrogen and oxygen atoms in total. The second-order valence-corrected chi connectivity index (χ2v) is 8.71. The van der Waals surface area contributed by atoms with Gasteiger partial charge in [-0.05, 0) is 12.3 Å². The first kappa shape index (κ1) is 20.8. The predicted octanol–water partition coefficient (Wildman–Crippen LogP) is 1.99. The SMILES string of the molecule is Cc1csc(NC(=O)CN(CCN2CCOCC2)C(=O)CC(C)(C)C)n1. The Morgan fingerprint density at radius 1 is 1.35 bits per heavy atom. The van der Waals surface area contributed by atoms with Crippen LogP contribution in [0.5, 0.6) is 0 Å². The van der Waals surface area contributed by atoms with Crippen LogP contribution in [-0.4, -0.2) is 72.5 Å². The Labute approximate surface area is 159 Å². The minimum absolute atomic E-state index is 0.0104. The number of thiazole rings is 1. The van der Waals surface area contributed by atoms with Gasteiger partial charge >= 0.3 is 0 Å². The maximum Gasteiger partial charge on any atom is 0.245 e. The van der Waals surface area contributed by atoms with Gasteiger partial charge < -0.3 is 15.0 Å². The molecule has 1 aliphatic rings. The molecule has 1 saturated heterocycles. The number of aryl methyl sites for hydroxylation is 1. The molecule has 0 aromatic carbocycles. The van der Waals surface area contributed by atoms with Crippen LogP contribution < -0.4 is 5.32 Å². The van der Waals surface area contributed by atoms with Crippen molar-refractivity contribution >= 4 is 28.3 Å². The fourth-order valence-corrected chi connectivity index (χ4v) is 3.39. The molecule has 2 amide bonds. The fourth-order valence-electron chi connectivity index (χ4n) is 2.69. The highest BCUT2D eigenvalue weighted by Gasteiger charge is 2.24. The predicted molar refractivity (Wildman–Crippen MR) is 103 cm³/mol. The Morgan fingerprint density at radius 2 is 2.04 bits per heavy atom. The average Bonchev–Trinajstić information content (AvgIpc) is 2.95. The van der Waals surface area contributed by atoms with Crippen LogP contribution in [-0.2, 0) is 14.3 Å². The van der Waals surface area contributed by atoms with E-state index in [-0.39, 0.29) is 23.8 Å². The molecule has 0 atom stereocenters. The van der Waals surface area contributed by atoms with E-state index in [9.17, 15) is 9.59 Å². The highest BCUT2D eigenvalue weighted by Crippen LogP contribution is 2.20. The van der Waals surface area contributed by atoms with Gasteiger partial charge in [0.2, 0.25) is 11.8 Å². The summed E-state index contributed by atoms with van der Waals surface area (Å²) in [6, 6.07) is 0. The van der Waals surface area contributed by atoms with Gasteiger partial charge in [0.05, 0.1) is 25.5 Å². The summed E-state index contributed by atoms with van der Waals surface area (Å²) in [4.78, 5) is 33.3. The number of anilines is 1. The van der Waals surface area contributed by atoms with Crippen molar-refractivity contribution in [3.05, 3.63) is 11.1 Å². The van der Waals surface area contributed by atoms with Crippen molar-refractivity contribution in [3.8, 4) is 0 Å². The van der Waals surface area contributed by atoms with Crippen LogP contribution in [0.1, 0.15) is 32.9 Å². The lowest BCUT2D eigenvalue weighted by Crippen LogP contribution is -2.46. The third-order valence-electron chi connectivity index (χ3n) is 4.02. The number of carbonyl (C=O) groups is 2. The second kappa shape index (κ2) is 9.43. The van der Waals surface area contributed by atoms with Crippen LogP contribution in [0.15, 0.2) is 5.38 Å². The van der Waals surface area contributed by atoms with Gasteiger partial charge in [-0.1, -0.05) is 20.8 Å². The highest BCUT2D eigenvalue weighted by molar-refractivity contribution is 7.13. The highest BCUT2D eigenvalue weighted by atomic mass is 32.1. The van der Waals surface area contributed by atoms with E-state index in [4.69, 9.17) is 4.74 Å². The largest absolute Gasteiger partial charge is 0.379 e. The van der Waals surface area contributed by atoms with E-state index in [0.717, 1.165) is 38.5 Å². The lowest BCUT2D eigenvalue weighted by atomic mass is 9.91. The van der Waals surface area contributed by atoms with Crippen molar-refractivity contribution in [2.45, 2.75) is 34.1 Å². The van der Waals surface area contributed by atoms with E-state index < -0.39 is 0 Å². The van der Waals surface area contributed by atoms with Crippen LogP contribution in [0, 0.1) is 12.3 Å². The normalized spacial score (nSPS) is 15.7. The molecule has 0 spiro atoms. The van der Waals surface area contributed by atoms with E-state index in [1.807, 2.05) is 33.1 Å². The van der Waals surface area contributed by atoms with Gasteiger partial charge in [0.1, 0.15) is 0 Å². The third kappa shape index (κ3) is 7.39. The number of nitrogens with one attached hydrogen (secondary N) is 1. The van der Waals surface area contributed by atoms with Gasteiger partial charge in [-0.2, -0.15) is 0 Å². The molecule has 0 unspecified atom stereocenters. The molecular formula is C18H30N4O3S. The molecule has 26 heavy (non-hydrogen) atoms. The Bertz CT molecular complexity index is 606. The summed E-state index contributed by atoms with van der Waals surface area (Å²) in [5.41, 5.74) is 0.760. The zero-order chi connectivity index (χ0) is 19.2. The molecular weight excluding hydrogens is 352 g/mol. The van der Waals surface area contributed by atoms with Crippen molar-refractivity contribution in [2.24, 2.45) is 5.41 Å². The van der Waals surface area contributed by atoms with E-state index in [1.165, 1.54) is 11.3 Å². The van der Waals surface area contributed by atoms with Crippen molar-refractivity contribution in [2.75, 3.05) is 51.3 Å². The van der Waals surface area contributed by atoms with Gasteiger partial charge in [0, 0.05) is 38.0 Å². The van der Waals surface area contributed by atoms with Gasteiger partial charge in [-0.25, -0.2) is 4.98 Å². The number of morpholine rings is 1. The lowest BCUT2D eigenvalue weighted by Gasteiger charge is -2.31. The van der Waals surface area contributed by atoms with Crippen LogP contribution >= 0.6 is 11.3 Å². The standard InChI is InChI=1S/C18H30N4O3S/c1-14-13-26-17(19-14)20-15(23)12-22(16(24)11-18(2,3)4)6-5-21-7-9-25-10-8-21/h13H,5-12H2,1-4H3,(H,19,20,23). The van der Waals surface area contributed by atoms with Crippen LogP contribution in [0.3, 0.4) is 0 Å². The second-order valence-electron chi connectivity index (χ2n) is 7.85. The van der Waals surface area contributed by atoms with Gasteiger partial charge in [-0.3, -0.25) is 14.5 Å². The van der Waals surface area contributed by atoms with Gasteiger partial charge in [0.15, 0.2) is 5.13 Å². The molecule has 0 saturated carbocycles. The smallest absolute Gasteiger partial charge is 0.245 e. The Morgan fingerprint density at radius 3 is 2.62 bits per heavy atom. The van der Waals surface area contributed by atoms with Crippen molar-refractivity contribution in [3.63, 3.8) is 0 Å². The summed E-state index contributed by atoms with van der Waals surface area (Å²) >= 11 is 1.39. The van der Waals surface area contributed by atoms with Crippen LogP contribution in [0.25, 0.3) is 0 Å². The monoisotopic (exact) mass is 382 g/mol. The maximum atomic E-state index is 12.7. The number of hydrogen-bond donors (Lipinski definition) is 1. The van der Waals surface area contributed by atoms with Crippen molar-refractivity contribution in [1.29, 1.82) is 0 Å². The number of carbonyl (C=O) groups excluding carboxylic acids is 2. The Kier molecular flexibility index (Phi) is 7.55. The number of amides is 2. The number of rotatable bonds is 7.